The first-order valence-electron chi connectivity index (χ1n) is 7.20. The van der Waals surface area contributed by atoms with Crippen molar-refractivity contribution in [2.75, 3.05) is 6.54 Å². The Kier molecular flexibility index (Phi) is 5.07. The number of hydrogen-bond donors (Lipinski definition) is 1. The molecule has 0 bridgehead atoms. The van der Waals surface area contributed by atoms with Gasteiger partial charge in [0.1, 0.15) is 11.6 Å². The molecule has 0 atom stereocenters. The van der Waals surface area contributed by atoms with Crippen LogP contribution in [-0.2, 0) is 13.1 Å². The maximum atomic E-state index is 13.7. The van der Waals surface area contributed by atoms with Gasteiger partial charge in [-0.25, -0.2) is 8.78 Å². The second-order valence-electron chi connectivity index (χ2n) is 5.22. The molecule has 0 amide bonds. The van der Waals surface area contributed by atoms with E-state index in [1.165, 1.54) is 12.1 Å². The minimum atomic E-state index is -0.561. The zero-order valence-electron chi connectivity index (χ0n) is 12.7. The predicted octanol–water partition coefficient (Wildman–Crippen LogP) is 3.33. The van der Waals surface area contributed by atoms with Crippen molar-refractivity contribution in [2.24, 2.45) is 0 Å². The Labute approximate surface area is 124 Å². The Morgan fingerprint density at radius 2 is 2.00 bits per heavy atom. The van der Waals surface area contributed by atoms with E-state index in [0.717, 1.165) is 42.5 Å². The van der Waals surface area contributed by atoms with Crippen molar-refractivity contribution in [1.29, 1.82) is 0 Å². The third-order valence-corrected chi connectivity index (χ3v) is 3.60. The third kappa shape index (κ3) is 3.67. The third-order valence-electron chi connectivity index (χ3n) is 3.60. The molecule has 114 valence electrons. The number of halogens is 2. The van der Waals surface area contributed by atoms with Crippen molar-refractivity contribution >= 4 is 0 Å². The number of aromatic nitrogens is 2. The summed E-state index contributed by atoms with van der Waals surface area (Å²) in [5.41, 5.74) is 3.54. The molecule has 0 aliphatic rings. The molecule has 0 unspecified atom stereocenters. The van der Waals surface area contributed by atoms with Gasteiger partial charge in [-0.05, 0) is 32.9 Å². The molecule has 1 aromatic carbocycles. The number of rotatable bonds is 6. The van der Waals surface area contributed by atoms with E-state index in [0.29, 0.717) is 12.1 Å². The Morgan fingerprint density at radius 3 is 2.67 bits per heavy atom. The van der Waals surface area contributed by atoms with Crippen molar-refractivity contribution < 1.29 is 8.78 Å². The van der Waals surface area contributed by atoms with E-state index in [1.807, 2.05) is 13.8 Å². The minimum Gasteiger partial charge on any atom is -0.313 e. The highest BCUT2D eigenvalue weighted by Gasteiger charge is 2.13. The minimum absolute atomic E-state index is 0.312. The van der Waals surface area contributed by atoms with Crippen LogP contribution < -0.4 is 5.32 Å². The van der Waals surface area contributed by atoms with Crippen LogP contribution in [0.1, 0.15) is 35.9 Å². The summed E-state index contributed by atoms with van der Waals surface area (Å²) in [4.78, 5) is 0. The zero-order chi connectivity index (χ0) is 15.4. The highest BCUT2D eigenvalue weighted by atomic mass is 19.1. The van der Waals surface area contributed by atoms with Crippen molar-refractivity contribution in [3.05, 3.63) is 52.3 Å². The van der Waals surface area contributed by atoms with Gasteiger partial charge in [0.15, 0.2) is 0 Å². The monoisotopic (exact) mass is 293 g/mol. The van der Waals surface area contributed by atoms with E-state index in [9.17, 15) is 8.78 Å². The first kappa shape index (κ1) is 15.6. The Bertz CT molecular complexity index is 620. The fourth-order valence-electron chi connectivity index (χ4n) is 2.35. The summed E-state index contributed by atoms with van der Waals surface area (Å²) in [7, 11) is 0. The van der Waals surface area contributed by atoms with Crippen LogP contribution in [0.25, 0.3) is 0 Å². The van der Waals surface area contributed by atoms with Crippen LogP contribution in [0.15, 0.2) is 18.2 Å². The number of aryl methyl sites for hydroxylation is 1. The molecular weight excluding hydrogens is 272 g/mol. The topological polar surface area (TPSA) is 29.9 Å². The molecule has 2 aromatic rings. The SMILES string of the molecule is CCCNCc1c(C)nn(Cc2ccc(F)cc2F)c1C. The highest BCUT2D eigenvalue weighted by Crippen LogP contribution is 2.16. The molecule has 0 aliphatic carbocycles. The second-order valence-corrected chi connectivity index (χ2v) is 5.22. The van der Waals surface area contributed by atoms with Gasteiger partial charge in [-0.1, -0.05) is 13.0 Å². The quantitative estimate of drug-likeness (QED) is 0.828. The number of benzene rings is 1. The molecule has 1 aromatic heterocycles. The standard InChI is InChI=1S/C16H21F2N3/c1-4-7-19-9-15-11(2)20-21(12(15)3)10-13-5-6-14(17)8-16(13)18/h5-6,8,19H,4,7,9-10H2,1-3H3. The molecule has 0 spiro atoms. The van der Waals surface area contributed by atoms with Gasteiger partial charge in [0.25, 0.3) is 0 Å². The largest absolute Gasteiger partial charge is 0.313 e. The van der Waals surface area contributed by atoms with Gasteiger partial charge in [0.05, 0.1) is 12.2 Å². The average Bonchev–Trinajstić information content (AvgIpc) is 2.69. The van der Waals surface area contributed by atoms with Crippen LogP contribution in [-0.4, -0.2) is 16.3 Å². The normalized spacial score (nSPS) is 11.1. The Balaban J connectivity index is 2.19. The summed E-state index contributed by atoms with van der Waals surface area (Å²) in [5.74, 6) is -1.10. The van der Waals surface area contributed by atoms with Crippen LogP contribution in [0.3, 0.4) is 0 Å². The summed E-state index contributed by atoms with van der Waals surface area (Å²) in [5, 5.41) is 7.82. The molecule has 0 saturated carbocycles. The smallest absolute Gasteiger partial charge is 0.131 e. The molecule has 0 radical (unpaired) electrons. The number of nitrogens with zero attached hydrogens (tertiary/aromatic N) is 2. The van der Waals surface area contributed by atoms with Crippen LogP contribution >= 0.6 is 0 Å². The van der Waals surface area contributed by atoms with E-state index in [-0.39, 0.29) is 0 Å². The van der Waals surface area contributed by atoms with E-state index in [1.54, 1.807) is 4.68 Å². The van der Waals surface area contributed by atoms with Crippen LogP contribution in [0.5, 0.6) is 0 Å². The molecule has 21 heavy (non-hydrogen) atoms. The van der Waals surface area contributed by atoms with Gasteiger partial charge >= 0.3 is 0 Å². The van der Waals surface area contributed by atoms with E-state index >= 15 is 0 Å². The lowest BCUT2D eigenvalue weighted by molar-refractivity contribution is 0.554. The average molecular weight is 293 g/mol. The summed E-state index contributed by atoms with van der Waals surface area (Å²) >= 11 is 0. The molecule has 0 fully saturated rings. The van der Waals surface area contributed by atoms with Gasteiger partial charge < -0.3 is 5.32 Å². The summed E-state index contributed by atoms with van der Waals surface area (Å²) in [6.07, 6.45) is 1.08. The van der Waals surface area contributed by atoms with E-state index in [4.69, 9.17) is 0 Å². The molecule has 1 heterocycles. The molecular formula is C16H21F2N3. The van der Waals surface area contributed by atoms with Gasteiger partial charge in [0.2, 0.25) is 0 Å². The second kappa shape index (κ2) is 6.80. The maximum absolute atomic E-state index is 13.7. The maximum Gasteiger partial charge on any atom is 0.131 e. The van der Waals surface area contributed by atoms with Gasteiger partial charge in [0, 0.05) is 29.4 Å². The highest BCUT2D eigenvalue weighted by molar-refractivity contribution is 5.26. The lowest BCUT2D eigenvalue weighted by Crippen LogP contribution is -2.15. The first-order chi connectivity index (χ1) is 10.0. The van der Waals surface area contributed by atoms with E-state index < -0.39 is 11.6 Å². The fraction of sp³-hybridized carbons (Fsp3) is 0.438. The predicted molar refractivity (Wildman–Crippen MR) is 79.2 cm³/mol. The molecule has 0 aliphatic heterocycles. The van der Waals surface area contributed by atoms with Crippen molar-refractivity contribution in [3.63, 3.8) is 0 Å². The molecule has 2 rings (SSSR count). The first-order valence-corrected chi connectivity index (χ1v) is 7.20. The lowest BCUT2D eigenvalue weighted by Gasteiger charge is -2.07. The molecule has 5 heteroatoms. The van der Waals surface area contributed by atoms with Crippen LogP contribution in [0.2, 0.25) is 0 Å². The van der Waals surface area contributed by atoms with Crippen LogP contribution in [0, 0.1) is 25.5 Å². The molecule has 0 saturated heterocycles. The van der Waals surface area contributed by atoms with E-state index in [2.05, 4.69) is 17.3 Å². The number of hydrogen-bond acceptors (Lipinski definition) is 2. The van der Waals surface area contributed by atoms with Gasteiger partial charge in [-0.2, -0.15) is 5.10 Å². The van der Waals surface area contributed by atoms with Crippen molar-refractivity contribution in [1.82, 2.24) is 15.1 Å². The Hall–Kier alpha value is -1.75. The summed E-state index contributed by atoms with van der Waals surface area (Å²) < 4.78 is 28.4. The van der Waals surface area contributed by atoms with Gasteiger partial charge in [-0.15, -0.1) is 0 Å². The molecule has 3 nitrogen and oxygen atoms in total. The zero-order valence-corrected chi connectivity index (χ0v) is 12.7. The Morgan fingerprint density at radius 1 is 1.24 bits per heavy atom. The summed E-state index contributed by atoms with van der Waals surface area (Å²) in [6, 6.07) is 3.65. The van der Waals surface area contributed by atoms with Crippen LogP contribution in [0.4, 0.5) is 8.78 Å². The fourth-order valence-corrected chi connectivity index (χ4v) is 2.35. The van der Waals surface area contributed by atoms with Crippen molar-refractivity contribution in [3.8, 4) is 0 Å². The molecule has 1 N–H and O–H groups in total. The lowest BCUT2D eigenvalue weighted by atomic mass is 10.2. The number of nitrogens with one attached hydrogen (secondary N) is 1. The van der Waals surface area contributed by atoms with Crippen molar-refractivity contribution in [2.45, 2.75) is 40.3 Å². The summed E-state index contributed by atoms with van der Waals surface area (Å²) in [6.45, 7) is 8.08. The van der Waals surface area contributed by atoms with Gasteiger partial charge in [-0.3, -0.25) is 4.68 Å².